The fraction of sp³-hybridized carbons (Fsp3) is 0.636. The summed E-state index contributed by atoms with van der Waals surface area (Å²) in [6.07, 6.45) is 1.67. The highest BCUT2D eigenvalue weighted by molar-refractivity contribution is 5.80. The molecule has 3 amide bonds. The number of aliphatic hydroxyl groups is 2. The van der Waals surface area contributed by atoms with Crippen molar-refractivity contribution in [3.05, 3.63) is 35.9 Å². The number of carbonyl (C=O) groups excluding carboxylic acids is 2. The molecule has 2 aliphatic rings. The summed E-state index contributed by atoms with van der Waals surface area (Å²) in [6, 6.07) is 9.79. The lowest BCUT2D eigenvalue weighted by atomic mass is 9.73. The van der Waals surface area contributed by atoms with Crippen LogP contribution in [-0.4, -0.2) is 89.8 Å². The Labute approximate surface area is 172 Å². The van der Waals surface area contributed by atoms with E-state index in [1.165, 1.54) is 0 Å². The molecule has 2 saturated heterocycles. The number of benzene rings is 1. The number of likely N-dealkylation sites (tertiary alicyclic amines) is 2. The summed E-state index contributed by atoms with van der Waals surface area (Å²) < 4.78 is 0. The van der Waals surface area contributed by atoms with E-state index < -0.39 is 11.5 Å². The normalized spacial score (nSPS) is 25.7. The number of amides is 3. The van der Waals surface area contributed by atoms with Gasteiger partial charge >= 0.3 is 6.03 Å². The zero-order valence-corrected chi connectivity index (χ0v) is 17.5. The molecule has 1 aromatic rings. The second kappa shape index (κ2) is 9.13. The summed E-state index contributed by atoms with van der Waals surface area (Å²) in [7, 11) is 3.47. The van der Waals surface area contributed by atoms with Crippen LogP contribution in [0.5, 0.6) is 0 Å². The highest BCUT2D eigenvalue weighted by Gasteiger charge is 2.45. The lowest BCUT2D eigenvalue weighted by Crippen LogP contribution is -2.58. The molecular weight excluding hydrogens is 370 g/mol. The molecule has 0 aromatic heterocycles. The van der Waals surface area contributed by atoms with Gasteiger partial charge in [0.25, 0.3) is 0 Å². The van der Waals surface area contributed by atoms with Crippen LogP contribution in [0.15, 0.2) is 30.3 Å². The predicted octanol–water partition coefficient (Wildman–Crippen LogP) is 1.19. The van der Waals surface area contributed by atoms with Crippen LogP contribution in [0.3, 0.4) is 0 Å². The van der Waals surface area contributed by atoms with Crippen molar-refractivity contribution in [3.8, 4) is 0 Å². The van der Waals surface area contributed by atoms with Crippen molar-refractivity contribution in [1.29, 1.82) is 0 Å². The van der Waals surface area contributed by atoms with Crippen LogP contribution < -0.4 is 0 Å². The Morgan fingerprint density at radius 3 is 2.28 bits per heavy atom. The van der Waals surface area contributed by atoms with Gasteiger partial charge in [0.1, 0.15) is 0 Å². The van der Waals surface area contributed by atoms with Gasteiger partial charge in [0.05, 0.1) is 12.7 Å². The van der Waals surface area contributed by atoms with E-state index in [0.717, 1.165) is 5.56 Å². The van der Waals surface area contributed by atoms with Crippen molar-refractivity contribution in [2.75, 3.05) is 46.9 Å². The minimum absolute atomic E-state index is 0.0147. The standard InChI is InChI=1S/C22H33N3O4/c1-23(2)21(29)24-11-8-18(9-12-24)20(28)25-13-10-19(27)22(15-25,16-26)14-17-6-4-3-5-7-17/h3-7,18-19,26-27H,8-16H2,1-2H3/t19-,22+/m1/s1. The van der Waals surface area contributed by atoms with Crippen LogP contribution in [-0.2, 0) is 11.2 Å². The van der Waals surface area contributed by atoms with Crippen molar-refractivity contribution in [2.45, 2.75) is 31.8 Å². The molecule has 2 heterocycles. The van der Waals surface area contributed by atoms with Crippen molar-refractivity contribution in [2.24, 2.45) is 11.3 Å². The minimum atomic E-state index is -0.739. The van der Waals surface area contributed by atoms with Crippen LogP contribution in [0.2, 0.25) is 0 Å². The molecule has 2 aliphatic heterocycles. The molecule has 29 heavy (non-hydrogen) atoms. The molecule has 0 unspecified atom stereocenters. The predicted molar refractivity (Wildman–Crippen MR) is 110 cm³/mol. The Hall–Kier alpha value is -2.12. The van der Waals surface area contributed by atoms with Crippen molar-refractivity contribution < 1.29 is 19.8 Å². The van der Waals surface area contributed by atoms with Gasteiger partial charge in [-0.2, -0.15) is 0 Å². The number of aliphatic hydroxyl groups excluding tert-OH is 2. The van der Waals surface area contributed by atoms with Gasteiger partial charge in [-0.3, -0.25) is 4.79 Å². The lowest BCUT2D eigenvalue weighted by Gasteiger charge is -2.46. The van der Waals surface area contributed by atoms with E-state index in [9.17, 15) is 19.8 Å². The maximum atomic E-state index is 13.2. The molecule has 0 radical (unpaired) electrons. The van der Waals surface area contributed by atoms with Gasteiger partial charge in [0.2, 0.25) is 5.91 Å². The fourth-order valence-corrected chi connectivity index (χ4v) is 4.58. The third kappa shape index (κ3) is 4.73. The molecule has 0 saturated carbocycles. The van der Waals surface area contributed by atoms with E-state index in [-0.39, 0.29) is 24.5 Å². The Morgan fingerprint density at radius 2 is 1.69 bits per heavy atom. The molecule has 2 N–H and O–H groups in total. The molecule has 7 nitrogen and oxygen atoms in total. The number of hydrogen-bond acceptors (Lipinski definition) is 4. The number of hydrogen-bond donors (Lipinski definition) is 2. The van der Waals surface area contributed by atoms with E-state index in [4.69, 9.17) is 0 Å². The van der Waals surface area contributed by atoms with Gasteiger partial charge < -0.3 is 24.9 Å². The molecule has 1 aromatic carbocycles. The Balaban J connectivity index is 1.65. The maximum Gasteiger partial charge on any atom is 0.319 e. The van der Waals surface area contributed by atoms with Gasteiger partial charge in [0.15, 0.2) is 0 Å². The summed E-state index contributed by atoms with van der Waals surface area (Å²) >= 11 is 0. The van der Waals surface area contributed by atoms with Gasteiger partial charge in [0, 0.05) is 51.6 Å². The highest BCUT2D eigenvalue weighted by atomic mass is 16.3. The smallest absolute Gasteiger partial charge is 0.319 e. The summed E-state index contributed by atoms with van der Waals surface area (Å²) in [6.45, 7) is 1.86. The number of carbonyl (C=O) groups is 2. The topological polar surface area (TPSA) is 84.3 Å². The van der Waals surface area contributed by atoms with Crippen LogP contribution in [0, 0.1) is 11.3 Å². The summed E-state index contributed by atoms with van der Waals surface area (Å²) in [5.74, 6) is -0.0238. The second-order valence-electron chi connectivity index (χ2n) is 8.69. The lowest BCUT2D eigenvalue weighted by molar-refractivity contribution is -0.147. The SMILES string of the molecule is CN(C)C(=O)N1CCC(C(=O)N2CC[C@@H](O)[C@@](CO)(Cc3ccccc3)C2)CC1. The Morgan fingerprint density at radius 1 is 1.07 bits per heavy atom. The maximum absolute atomic E-state index is 13.2. The molecule has 0 bridgehead atoms. The average Bonchev–Trinajstić information content (AvgIpc) is 2.75. The highest BCUT2D eigenvalue weighted by Crippen LogP contribution is 2.35. The first kappa shape index (κ1) is 21.6. The minimum Gasteiger partial charge on any atom is -0.396 e. The zero-order valence-electron chi connectivity index (χ0n) is 17.5. The molecule has 2 atom stereocenters. The number of nitrogens with zero attached hydrogens (tertiary/aromatic N) is 3. The van der Waals surface area contributed by atoms with Gasteiger partial charge in [-0.15, -0.1) is 0 Å². The Kier molecular flexibility index (Phi) is 6.80. The fourth-order valence-electron chi connectivity index (χ4n) is 4.58. The van der Waals surface area contributed by atoms with Gasteiger partial charge in [-0.1, -0.05) is 30.3 Å². The first-order chi connectivity index (χ1) is 13.9. The largest absolute Gasteiger partial charge is 0.396 e. The van der Waals surface area contributed by atoms with Gasteiger partial charge in [-0.25, -0.2) is 4.79 Å². The third-order valence-corrected chi connectivity index (χ3v) is 6.41. The van der Waals surface area contributed by atoms with Crippen LogP contribution >= 0.6 is 0 Å². The molecule has 3 rings (SSSR count). The first-order valence-corrected chi connectivity index (χ1v) is 10.4. The van der Waals surface area contributed by atoms with Crippen molar-refractivity contribution >= 4 is 11.9 Å². The molecule has 7 heteroatoms. The van der Waals surface area contributed by atoms with Crippen molar-refractivity contribution in [3.63, 3.8) is 0 Å². The summed E-state index contributed by atoms with van der Waals surface area (Å²) in [4.78, 5) is 30.5. The first-order valence-electron chi connectivity index (χ1n) is 10.4. The molecule has 0 spiro atoms. The molecule has 2 fully saturated rings. The monoisotopic (exact) mass is 403 g/mol. The average molecular weight is 404 g/mol. The number of urea groups is 1. The van der Waals surface area contributed by atoms with E-state index in [1.54, 1.807) is 23.9 Å². The number of piperidine rings is 2. The second-order valence-corrected chi connectivity index (χ2v) is 8.69. The van der Waals surface area contributed by atoms with Crippen LogP contribution in [0.25, 0.3) is 0 Å². The molecule has 0 aliphatic carbocycles. The van der Waals surface area contributed by atoms with E-state index in [0.29, 0.717) is 51.9 Å². The summed E-state index contributed by atoms with van der Waals surface area (Å²) in [5, 5.41) is 20.9. The zero-order chi connectivity index (χ0) is 21.0. The third-order valence-electron chi connectivity index (χ3n) is 6.41. The summed E-state index contributed by atoms with van der Waals surface area (Å²) in [5.41, 5.74) is 0.307. The van der Waals surface area contributed by atoms with Crippen molar-refractivity contribution in [1.82, 2.24) is 14.7 Å². The quantitative estimate of drug-likeness (QED) is 0.791. The number of rotatable bonds is 4. The Bertz CT molecular complexity index is 703. The van der Waals surface area contributed by atoms with E-state index >= 15 is 0 Å². The molecular formula is C22H33N3O4. The van der Waals surface area contributed by atoms with E-state index in [1.807, 2.05) is 35.2 Å². The van der Waals surface area contributed by atoms with Crippen LogP contribution in [0.4, 0.5) is 4.79 Å². The van der Waals surface area contributed by atoms with E-state index in [2.05, 4.69) is 0 Å². The van der Waals surface area contributed by atoms with Gasteiger partial charge in [-0.05, 0) is 31.2 Å². The molecule has 160 valence electrons. The van der Waals surface area contributed by atoms with Crippen LogP contribution in [0.1, 0.15) is 24.8 Å².